The van der Waals surface area contributed by atoms with E-state index in [4.69, 9.17) is 5.73 Å². The monoisotopic (exact) mass is 446 g/mol. The van der Waals surface area contributed by atoms with Crippen molar-refractivity contribution in [1.29, 1.82) is 0 Å². The highest BCUT2D eigenvalue weighted by molar-refractivity contribution is 5.96. The average Bonchev–Trinajstić information content (AvgIpc) is 3.29. The molecule has 1 fully saturated rings. The van der Waals surface area contributed by atoms with Crippen LogP contribution in [0.5, 0.6) is 0 Å². The highest BCUT2D eigenvalue weighted by atomic mass is 16.2. The summed E-state index contributed by atoms with van der Waals surface area (Å²) >= 11 is 0. The van der Waals surface area contributed by atoms with Crippen LogP contribution in [0, 0.1) is 0 Å². The van der Waals surface area contributed by atoms with Gasteiger partial charge in [-0.3, -0.25) is 24.0 Å². The highest BCUT2D eigenvalue weighted by Crippen LogP contribution is 2.17. The number of likely N-dealkylation sites (tertiary alicyclic amines) is 1. The number of hydrogen-bond donors (Lipinski definition) is 5. The number of hydrogen-bond acceptors (Lipinski definition) is 6. The molecule has 32 heavy (non-hydrogen) atoms. The van der Waals surface area contributed by atoms with Gasteiger partial charge in [-0.2, -0.15) is 0 Å². The first kappa shape index (κ1) is 24.8. The molecular weight excluding hydrogens is 416 g/mol. The molecule has 0 bridgehead atoms. The Balaban J connectivity index is 1.92. The van der Waals surface area contributed by atoms with Crippen LogP contribution in [-0.2, 0) is 19.2 Å². The third kappa shape index (κ3) is 6.77. The van der Waals surface area contributed by atoms with Gasteiger partial charge in [-0.1, -0.05) is 18.2 Å². The van der Waals surface area contributed by atoms with Gasteiger partial charge in [0.15, 0.2) is 0 Å². The van der Waals surface area contributed by atoms with Gasteiger partial charge in [-0.05, 0) is 38.9 Å². The Kier molecular flexibility index (Phi) is 9.14. The van der Waals surface area contributed by atoms with Gasteiger partial charge in [0.05, 0.1) is 12.6 Å². The molecule has 6 N–H and O–H groups in total. The number of carbonyl (C=O) groups is 5. The van der Waals surface area contributed by atoms with Crippen LogP contribution >= 0.6 is 0 Å². The minimum atomic E-state index is -1.14. The number of likely N-dealkylation sites (N-methyl/N-ethyl adjacent to an activating group) is 1. The summed E-state index contributed by atoms with van der Waals surface area (Å²) in [5, 5.41) is 10.4. The first-order valence-electron chi connectivity index (χ1n) is 10.4. The Bertz CT molecular complexity index is 846. The minimum absolute atomic E-state index is 0.187. The Morgan fingerprint density at radius 1 is 1.12 bits per heavy atom. The molecule has 11 heteroatoms. The van der Waals surface area contributed by atoms with Crippen LogP contribution in [0.1, 0.15) is 30.1 Å². The molecule has 0 aromatic heterocycles. The third-order valence-electron chi connectivity index (χ3n) is 5.28. The van der Waals surface area contributed by atoms with E-state index in [1.807, 2.05) is 0 Å². The molecule has 1 saturated heterocycles. The van der Waals surface area contributed by atoms with E-state index in [2.05, 4.69) is 21.3 Å². The fourth-order valence-corrected chi connectivity index (χ4v) is 3.26. The van der Waals surface area contributed by atoms with Crippen LogP contribution in [0.3, 0.4) is 0 Å². The van der Waals surface area contributed by atoms with Gasteiger partial charge in [0.2, 0.25) is 23.6 Å². The van der Waals surface area contributed by atoms with E-state index in [0.717, 1.165) is 0 Å². The first-order valence-corrected chi connectivity index (χ1v) is 10.4. The summed E-state index contributed by atoms with van der Waals surface area (Å²) in [5.41, 5.74) is 5.79. The van der Waals surface area contributed by atoms with Crippen molar-refractivity contribution in [3.05, 3.63) is 35.9 Å². The van der Waals surface area contributed by atoms with Crippen LogP contribution in [0.2, 0.25) is 0 Å². The molecular formula is C21H30N6O5. The van der Waals surface area contributed by atoms with Gasteiger partial charge < -0.3 is 31.9 Å². The van der Waals surface area contributed by atoms with Gasteiger partial charge >= 0.3 is 0 Å². The van der Waals surface area contributed by atoms with Crippen LogP contribution in [0.25, 0.3) is 0 Å². The molecule has 2 rings (SSSR count). The number of primary amides is 1. The molecule has 11 nitrogen and oxygen atoms in total. The van der Waals surface area contributed by atoms with Crippen molar-refractivity contribution in [1.82, 2.24) is 26.2 Å². The topological polar surface area (TPSA) is 163 Å². The van der Waals surface area contributed by atoms with E-state index in [0.29, 0.717) is 24.9 Å². The molecule has 174 valence electrons. The molecule has 1 heterocycles. The lowest BCUT2D eigenvalue weighted by Gasteiger charge is -2.26. The fraction of sp³-hybridized carbons (Fsp3) is 0.476. The molecule has 0 aliphatic carbocycles. The quantitative estimate of drug-likeness (QED) is 0.282. The average molecular weight is 447 g/mol. The zero-order chi connectivity index (χ0) is 23.7. The zero-order valence-corrected chi connectivity index (χ0v) is 18.2. The molecule has 0 spiro atoms. The largest absolute Gasteiger partial charge is 0.368 e. The van der Waals surface area contributed by atoms with Crippen molar-refractivity contribution in [3.63, 3.8) is 0 Å². The second kappa shape index (κ2) is 11.8. The second-order valence-corrected chi connectivity index (χ2v) is 7.51. The van der Waals surface area contributed by atoms with Gasteiger partial charge in [-0.25, -0.2) is 0 Å². The Hall–Kier alpha value is -3.47. The fourth-order valence-electron chi connectivity index (χ4n) is 3.26. The van der Waals surface area contributed by atoms with E-state index >= 15 is 0 Å². The van der Waals surface area contributed by atoms with Gasteiger partial charge in [0.1, 0.15) is 12.1 Å². The minimum Gasteiger partial charge on any atom is -0.368 e. The maximum Gasteiger partial charge on any atom is 0.251 e. The standard InChI is InChI=1S/C21H30N6O5/c1-13(23-2)19(30)25-12-17(28)27-10-6-9-16(27)21(32)26-15(18(22)29)11-24-20(31)14-7-4-3-5-8-14/h3-5,7-8,13,15-16,23H,6,9-12H2,1-2H3,(H2,22,29)(H,24,31)(H,25,30)(H,26,32)/t13-,15?,16?/m0/s1. The molecule has 3 atom stereocenters. The van der Waals surface area contributed by atoms with Gasteiger partial charge in [-0.15, -0.1) is 0 Å². The summed E-state index contributed by atoms with van der Waals surface area (Å²) in [4.78, 5) is 62.5. The number of benzene rings is 1. The summed E-state index contributed by atoms with van der Waals surface area (Å²) in [6.07, 6.45) is 1.02. The first-order chi connectivity index (χ1) is 15.2. The van der Waals surface area contributed by atoms with Crippen LogP contribution in [0.4, 0.5) is 0 Å². The molecule has 1 aliphatic rings. The smallest absolute Gasteiger partial charge is 0.251 e. The summed E-state index contributed by atoms with van der Waals surface area (Å²) < 4.78 is 0. The number of amides is 5. The van der Waals surface area contributed by atoms with E-state index in [1.165, 1.54) is 4.90 Å². The van der Waals surface area contributed by atoms with E-state index in [9.17, 15) is 24.0 Å². The maximum absolute atomic E-state index is 12.8. The highest BCUT2D eigenvalue weighted by Gasteiger charge is 2.35. The molecule has 1 aromatic rings. The summed E-state index contributed by atoms with van der Waals surface area (Å²) in [6, 6.07) is 6.03. The Labute approximate surface area is 186 Å². The number of nitrogens with one attached hydrogen (secondary N) is 4. The Morgan fingerprint density at radius 2 is 1.81 bits per heavy atom. The molecule has 0 radical (unpaired) electrons. The molecule has 1 aromatic carbocycles. The summed E-state index contributed by atoms with van der Waals surface area (Å²) in [5.74, 6) is -2.48. The molecule has 5 amide bonds. The number of carbonyl (C=O) groups excluding carboxylic acids is 5. The van der Waals surface area contributed by atoms with Crippen LogP contribution < -0.4 is 27.0 Å². The molecule has 2 unspecified atom stereocenters. The normalized spacial score (nSPS) is 17.2. The van der Waals surface area contributed by atoms with Crippen molar-refractivity contribution >= 4 is 29.5 Å². The predicted molar refractivity (Wildman–Crippen MR) is 116 cm³/mol. The number of nitrogens with zero attached hydrogens (tertiary/aromatic N) is 1. The van der Waals surface area contributed by atoms with E-state index in [1.54, 1.807) is 44.3 Å². The Morgan fingerprint density at radius 3 is 2.44 bits per heavy atom. The van der Waals surface area contributed by atoms with Crippen molar-refractivity contribution in [3.8, 4) is 0 Å². The lowest BCUT2D eigenvalue weighted by Crippen LogP contribution is -2.56. The zero-order valence-electron chi connectivity index (χ0n) is 18.2. The number of rotatable bonds is 10. The SMILES string of the molecule is CN[C@@H](C)C(=O)NCC(=O)N1CCCC1C(=O)NC(CNC(=O)c1ccccc1)C(N)=O. The van der Waals surface area contributed by atoms with Crippen molar-refractivity contribution in [2.45, 2.75) is 37.9 Å². The summed E-state index contributed by atoms with van der Waals surface area (Å²) in [6.45, 7) is 1.60. The predicted octanol–water partition coefficient (Wildman–Crippen LogP) is -1.90. The van der Waals surface area contributed by atoms with Gasteiger partial charge in [0.25, 0.3) is 5.91 Å². The lowest BCUT2D eigenvalue weighted by molar-refractivity contribution is -0.139. The van der Waals surface area contributed by atoms with E-state index in [-0.39, 0.29) is 19.0 Å². The van der Waals surface area contributed by atoms with Crippen molar-refractivity contribution in [2.75, 3.05) is 26.7 Å². The summed E-state index contributed by atoms with van der Waals surface area (Å²) in [7, 11) is 1.63. The maximum atomic E-state index is 12.8. The van der Waals surface area contributed by atoms with Crippen LogP contribution in [0.15, 0.2) is 30.3 Å². The number of nitrogens with two attached hydrogens (primary N) is 1. The molecule has 0 saturated carbocycles. The molecule has 1 aliphatic heterocycles. The van der Waals surface area contributed by atoms with Crippen LogP contribution in [-0.4, -0.2) is 79.2 Å². The second-order valence-electron chi connectivity index (χ2n) is 7.51. The van der Waals surface area contributed by atoms with Crippen molar-refractivity contribution in [2.24, 2.45) is 5.73 Å². The van der Waals surface area contributed by atoms with Crippen molar-refractivity contribution < 1.29 is 24.0 Å². The van der Waals surface area contributed by atoms with E-state index < -0.39 is 41.8 Å². The lowest BCUT2D eigenvalue weighted by atomic mass is 10.1. The van der Waals surface area contributed by atoms with Gasteiger partial charge in [0, 0.05) is 18.7 Å². The third-order valence-corrected chi connectivity index (χ3v) is 5.28.